The summed E-state index contributed by atoms with van der Waals surface area (Å²) in [6, 6.07) is 0. The Morgan fingerprint density at radius 1 is 1.00 bits per heavy atom. The fourth-order valence-electron chi connectivity index (χ4n) is 0.575. The summed E-state index contributed by atoms with van der Waals surface area (Å²) in [4.78, 5) is 51.8. The van der Waals surface area contributed by atoms with Crippen molar-refractivity contribution in [1.82, 2.24) is 4.44 Å². The molecule has 12 heavy (non-hydrogen) atoms. The van der Waals surface area contributed by atoms with Crippen LogP contribution in [0.5, 0.6) is 0 Å². The van der Waals surface area contributed by atoms with Crippen molar-refractivity contribution in [2.45, 2.75) is 0 Å². The second-order valence-corrected chi connectivity index (χ2v) is 6.03. The molecular weight excluding hydrogens is 208 g/mol. The van der Waals surface area contributed by atoms with Crippen molar-refractivity contribution in [2.24, 2.45) is 0 Å². The third-order valence-electron chi connectivity index (χ3n) is 1.04. The molecular formula is C3H13NO6P2. The van der Waals surface area contributed by atoms with Crippen LogP contribution in [0.3, 0.4) is 0 Å². The minimum absolute atomic E-state index is 0.0486. The normalized spacial score (nSPS) is 16.2. The zero-order chi connectivity index (χ0) is 9.99. The van der Waals surface area contributed by atoms with Gasteiger partial charge in [0.05, 0.1) is 0 Å². The van der Waals surface area contributed by atoms with Gasteiger partial charge in [0.2, 0.25) is 0 Å². The van der Waals surface area contributed by atoms with Crippen molar-refractivity contribution in [1.29, 1.82) is 0 Å². The van der Waals surface area contributed by atoms with Gasteiger partial charge in [-0.3, -0.25) is 0 Å². The van der Waals surface area contributed by atoms with Crippen molar-refractivity contribution in [2.75, 3.05) is 6.54 Å². The molecule has 0 unspecified atom stereocenters. The number of rotatable bonds is 4. The van der Waals surface area contributed by atoms with Crippen molar-refractivity contribution < 1.29 is 29.4 Å². The van der Waals surface area contributed by atoms with E-state index in [0.29, 0.717) is 0 Å². The van der Waals surface area contributed by atoms with Crippen molar-refractivity contribution in [3.63, 3.8) is 0 Å². The summed E-state index contributed by atoms with van der Waals surface area (Å²) in [5, 5.41) is 0. The van der Waals surface area contributed by atoms with Gasteiger partial charge in [-0.05, 0) is 0 Å². The van der Waals surface area contributed by atoms with Crippen LogP contribution in [0.25, 0.3) is 0 Å². The molecule has 9 heteroatoms. The fraction of sp³-hybridized carbons (Fsp3) is 0.333. The maximum atomic E-state index is 8.63. The van der Waals surface area contributed by atoms with Crippen LogP contribution in [-0.4, -0.2) is 40.3 Å². The first kappa shape index (κ1) is 12.3. The van der Waals surface area contributed by atoms with Crippen LogP contribution in [0.15, 0.2) is 12.7 Å². The Hall–Kier alpha value is 0.320. The predicted molar refractivity (Wildman–Crippen MR) is 46.8 cm³/mol. The molecule has 0 bridgehead atoms. The Bertz CT molecular complexity index is 147. The predicted octanol–water partition coefficient (Wildman–Crippen LogP) is -1.75. The van der Waals surface area contributed by atoms with Gasteiger partial charge in [-0.2, -0.15) is 0 Å². The molecule has 0 saturated heterocycles. The van der Waals surface area contributed by atoms with E-state index >= 15 is 0 Å². The molecule has 6 N–H and O–H groups in total. The molecule has 0 aromatic rings. The van der Waals surface area contributed by atoms with E-state index in [2.05, 4.69) is 6.58 Å². The average Bonchev–Trinajstić information content (AvgIpc) is 1.77. The quantitative estimate of drug-likeness (QED) is 0.245. The standard InChI is InChI=1S/C3H13NO6P2/c1-2-3-4(11(5,6)7)12(8,9)10/h2,5-12H,1,3H2. The summed E-state index contributed by atoms with van der Waals surface area (Å²) >= 11 is 0. The van der Waals surface area contributed by atoms with E-state index in [1.165, 1.54) is 0 Å². The molecule has 7 nitrogen and oxygen atoms in total. The summed E-state index contributed by atoms with van der Waals surface area (Å²) in [6.45, 7) is 2.74. The number of nitrogens with zero attached hydrogens (tertiary/aromatic N) is 1. The summed E-state index contributed by atoms with van der Waals surface area (Å²) in [7, 11) is -9.74. The van der Waals surface area contributed by atoms with Crippen LogP contribution in [0.2, 0.25) is 0 Å². The summed E-state index contributed by atoms with van der Waals surface area (Å²) in [6.07, 6.45) is 1.08. The van der Waals surface area contributed by atoms with Gasteiger partial charge < -0.3 is 0 Å². The van der Waals surface area contributed by atoms with Crippen LogP contribution >= 0.6 is 16.2 Å². The van der Waals surface area contributed by atoms with Crippen LogP contribution in [0.4, 0.5) is 0 Å². The first-order valence-corrected chi connectivity index (χ1v) is 6.50. The topological polar surface area (TPSA) is 125 Å². The molecule has 0 aliphatic carbocycles. The average molecular weight is 221 g/mol. The third-order valence-corrected chi connectivity index (χ3v) is 4.65. The third kappa shape index (κ3) is 3.82. The Morgan fingerprint density at radius 2 is 1.33 bits per heavy atom. The van der Waals surface area contributed by atoms with Gasteiger partial charge in [0, 0.05) is 0 Å². The van der Waals surface area contributed by atoms with Gasteiger partial charge in [-0.15, -0.1) is 0 Å². The molecule has 0 aromatic heterocycles. The summed E-state index contributed by atoms with van der Waals surface area (Å²) in [5.41, 5.74) is 0. The zero-order valence-electron chi connectivity index (χ0n) is 6.12. The Morgan fingerprint density at radius 3 is 1.42 bits per heavy atom. The summed E-state index contributed by atoms with van der Waals surface area (Å²) < 4.78 is 0.0486. The van der Waals surface area contributed by atoms with Gasteiger partial charge in [-0.1, -0.05) is 0 Å². The first-order valence-electron chi connectivity index (χ1n) is 2.92. The Kier molecular flexibility index (Phi) is 4.13. The molecule has 76 valence electrons. The molecule has 0 heterocycles. The molecule has 0 radical (unpaired) electrons. The van der Waals surface area contributed by atoms with Crippen molar-refractivity contribution >= 4 is 16.2 Å². The van der Waals surface area contributed by atoms with E-state index < -0.39 is 22.7 Å². The van der Waals surface area contributed by atoms with Gasteiger partial charge in [0.1, 0.15) is 0 Å². The van der Waals surface area contributed by atoms with Gasteiger partial charge in [-0.25, -0.2) is 0 Å². The van der Waals surface area contributed by atoms with E-state index in [1.54, 1.807) is 0 Å². The van der Waals surface area contributed by atoms with Crippen LogP contribution < -0.4 is 0 Å². The first-order chi connectivity index (χ1) is 5.19. The van der Waals surface area contributed by atoms with Gasteiger partial charge in [0.15, 0.2) is 0 Å². The van der Waals surface area contributed by atoms with Gasteiger partial charge >= 0.3 is 69.2 Å². The molecule has 0 atom stereocenters. The van der Waals surface area contributed by atoms with Crippen molar-refractivity contribution in [3.05, 3.63) is 12.7 Å². The van der Waals surface area contributed by atoms with E-state index in [9.17, 15) is 0 Å². The fourth-order valence-corrected chi connectivity index (χ4v) is 2.93. The van der Waals surface area contributed by atoms with Crippen LogP contribution in [0.1, 0.15) is 0 Å². The Balaban J connectivity index is 4.56. The second-order valence-electron chi connectivity index (χ2n) is 2.10. The monoisotopic (exact) mass is 221 g/mol. The molecule has 0 aliphatic rings. The molecule has 0 aliphatic heterocycles. The molecule has 0 aromatic carbocycles. The second kappa shape index (κ2) is 4.02. The van der Waals surface area contributed by atoms with Crippen LogP contribution in [-0.2, 0) is 0 Å². The number of hydrogen-bond acceptors (Lipinski definition) is 7. The SMILES string of the molecule is C=CCN([PH](O)(O)O)[PH](O)(O)O. The number of hydrogen-bond donors (Lipinski definition) is 6. The van der Waals surface area contributed by atoms with E-state index in [0.717, 1.165) is 6.08 Å². The summed E-state index contributed by atoms with van der Waals surface area (Å²) in [5.74, 6) is 0. The molecule has 0 spiro atoms. The molecule has 0 amide bonds. The molecule has 0 rings (SSSR count). The molecule has 0 fully saturated rings. The van der Waals surface area contributed by atoms with Gasteiger partial charge in [0.25, 0.3) is 0 Å². The van der Waals surface area contributed by atoms with Crippen molar-refractivity contribution in [3.8, 4) is 0 Å². The minimum atomic E-state index is -4.87. The maximum absolute atomic E-state index is 8.63. The van der Waals surface area contributed by atoms with E-state index in [-0.39, 0.29) is 4.44 Å². The van der Waals surface area contributed by atoms with E-state index in [1.807, 2.05) is 0 Å². The van der Waals surface area contributed by atoms with Crippen LogP contribution in [0, 0.1) is 0 Å². The zero-order valence-corrected chi connectivity index (χ0v) is 8.12. The van der Waals surface area contributed by atoms with E-state index in [4.69, 9.17) is 29.4 Å². The Labute approximate surface area is 70.1 Å². The molecule has 0 saturated carbocycles.